The highest BCUT2D eigenvalue weighted by atomic mass is 16.4. The molecule has 1 N–H and O–H groups in total. The van der Waals surface area contributed by atoms with Crippen molar-refractivity contribution < 1.29 is 14.0 Å². The molecule has 4 rings (SSSR count). The number of carbonyl (C=O) groups excluding carboxylic acids is 2. The summed E-state index contributed by atoms with van der Waals surface area (Å²) in [4.78, 5) is 38.9. The van der Waals surface area contributed by atoms with Crippen molar-refractivity contribution in [1.82, 2.24) is 4.90 Å². The minimum Gasteiger partial charge on any atom is -0.423 e. The summed E-state index contributed by atoms with van der Waals surface area (Å²) >= 11 is 0. The summed E-state index contributed by atoms with van der Waals surface area (Å²) < 4.78 is 5.29. The normalized spacial score (nSPS) is 14.5. The topological polar surface area (TPSA) is 79.6 Å². The van der Waals surface area contributed by atoms with Gasteiger partial charge in [-0.1, -0.05) is 30.3 Å². The van der Waals surface area contributed by atoms with Gasteiger partial charge in [-0.2, -0.15) is 0 Å². The molecule has 2 amide bonds. The number of carbonyl (C=O) groups is 2. The third-order valence-corrected chi connectivity index (χ3v) is 6.13. The van der Waals surface area contributed by atoms with Gasteiger partial charge in [0.2, 0.25) is 11.8 Å². The van der Waals surface area contributed by atoms with E-state index >= 15 is 0 Å². The fraction of sp³-hybridized carbons (Fsp3) is 0.346. The van der Waals surface area contributed by atoms with Crippen LogP contribution in [0.1, 0.15) is 36.8 Å². The highest BCUT2D eigenvalue weighted by Crippen LogP contribution is 2.24. The Kier molecular flexibility index (Phi) is 6.69. The van der Waals surface area contributed by atoms with Gasteiger partial charge in [-0.15, -0.1) is 0 Å². The molecule has 1 fully saturated rings. The van der Waals surface area contributed by atoms with Crippen molar-refractivity contribution in [3.63, 3.8) is 0 Å². The molecule has 166 valence electrons. The van der Waals surface area contributed by atoms with Crippen molar-refractivity contribution in [2.75, 3.05) is 18.4 Å². The van der Waals surface area contributed by atoms with Crippen LogP contribution in [0.2, 0.25) is 0 Å². The maximum absolute atomic E-state index is 12.9. The summed E-state index contributed by atoms with van der Waals surface area (Å²) in [5.74, 6) is 0.491. The fourth-order valence-electron chi connectivity index (χ4n) is 4.31. The molecular weight excluding hydrogens is 404 g/mol. The zero-order valence-corrected chi connectivity index (χ0v) is 18.3. The van der Waals surface area contributed by atoms with E-state index in [4.69, 9.17) is 4.42 Å². The van der Waals surface area contributed by atoms with Crippen LogP contribution in [0, 0.1) is 12.8 Å². The van der Waals surface area contributed by atoms with Crippen LogP contribution in [0.4, 0.5) is 5.69 Å². The average Bonchev–Trinajstić information content (AvgIpc) is 2.78. The number of hydrogen-bond donors (Lipinski definition) is 1. The summed E-state index contributed by atoms with van der Waals surface area (Å²) in [7, 11) is 0. The minimum atomic E-state index is -0.432. The van der Waals surface area contributed by atoms with Crippen LogP contribution in [-0.4, -0.2) is 29.8 Å². The number of piperidine rings is 1. The monoisotopic (exact) mass is 432 g/mol. The van der Waals surface area contributed by atoms with Crippen LogP contribution in [-0.2, 0) is 16.0 Å². The highest BCUT2D eigenvalue weighted by Gasteiger charge is 2.24. The molecule has 1 saturated heterocycles. The second-order valence-corrected chi connectivity index (χ2v) is 8.54. The molecule has 6 nitrogen and oxygen atoms in total. The van der Waals surface area contributed by atoms with E-state index in [0.717, 1.165) is 35.9 Å². The predicted octanol–water partition coefficient (Wildman–Crippen LogP) is 4.30. The maximum Gasteiger partial charge on any atom is 0.336 e. The minimum absolute atomic E-state index is 0.0257. The number of aryl methyl sites for hydroxylation is 1. The van der Waals surface area contributed by atoms with Gasteiger partial charge in [0.15, 0.2) is 0 Å². The number of nitrogens with one attached hydrogen (secondary N) is 1. The molecule has 2 aromatic carbocycles. The summed E-state index contributed by atoms with van der Waals surface area (Å²) in [6, 6.07) is 16.6. The van der Waals surface area contributed by atoms with E-state index in [1.54, 1.807) is 0 Å². The lowest BCUT2D eigenvalue weighted by Gasteiger charge is -2.32. The van der Waals surface area contributed by atoms with Crippen LogP contribution < -0.4 is 10.9 Å². The molecule has 0 bridgehead atoms. The van der Waals surface area contributed by atoms with Crippen molar-refractivity contribution in [3.05, 3.63) is 76.1 Å². The molecule has 1 aliphatic rings. The van der Waals surface area contributed by atoms with Crippen LogP contribution in [0.25, 0.3) is 11.0 Å². The van der Waals surface area contributed by atoms with Crippen molar-refractivity contribution in [2.45, 2.75) is 39.0 Å². The number of rotatable bonds is 6. The van der Waals surface area contributed by atoms with Crippen molar-refractivity contribution >= 4 is 28.5 Å². The van der Waals surface area contributed by atoms with Crippen LogP contribution >= 0.6 is 0 Å². The lowest BCUT2D eigenvalue weighted by Crippen LogP contribution is -2.39. The third-order valence-electron chi connectivity index (χ3n) is 6.13. The third kappa shape index (κ3) is 5.44. The van der Waals surface area contributed by atoms with Gasteiger partial charge in [-0.3, -0.25) is 9.59 Å². The van der Waals surface area contributed by atoms with Gasteiger partial charge in [-0.05, 0) is 61.4 Å². The molecule has 1 aliphatic heterocycles. The molecule has 3 aromatic rings. The first kappa shape index (κ1) is 21.8. The molecule has 32 heavy (non-hydrogen) atoms. The standard InChI is InChI=1S/C26H28N2O4/c1-18-7-9-22-20(17-26(31)32-23(22)15-18)16-25(30)28-13-11-19(12-14-28)8-10-24(29)27-21-5-3-2-4-6-21/h2-7,9,15,17,19H,8,10-14,16H2,1H3,(H,27,29). The van der Waals surface area contributed by atoms with Gasteiger partial charge in [-0.25, -0.2) is 4.79 Å². The van der Waals surface area contributed by atoms with E-state index in [9.17, 15) is 14.4 Å². The summed E-state index contributed by atoms with van der Waals surface area (Å²) in [5.41, 5.74) is 2.62. The number of likely N-dealkylation sites (tertiary alicyclic amines) is 1. The Morgan fingerprint density at radius 3 is 2.56 bits per heavy atom. The molecule has 6 heteroatoms. The molecule has 0 spiro atoms. The molecule has 2 heterocycles. The zero-order valence-electron chi connectivity index (χ0n) is 18.3. The number of para-hydroxylation sites is 1. The molecule has 0 radical (unpaired) electrons. The Balaban J connectivity index is 1.28. The second kappa shape index (κ2) is 9.81. The quantitative estimate of drug-likeness (QED) is 0.589. The van der Waals surface area contributed by atoms with Crippen molar-refractivity contribution in [2.24, 2.45) is 5.92 Å². The number of hydrogen-bond acceptors (Lipinski definition) is 4. The molecular formula is C26H28N2O4. The van der Waals surface area contributed by atoms with Crippen molar-refractivity contribution in [3.8, 4) is 0 Å². The number of amides is 2. The largest absolute Gasteiger partial charge is 0.423 e. The number of nitrogens with zero attached hydrogens (tertiary/aromatic N) is 1. The predicted molar refractivity (Wildman–Crippen MR) is 125 cm³/mol. The van der Waals surface area contributed by atoms with Gasteiger partial charge in [0.05, 0.1) is 6.42 Å². The Bertz CT molecular complexity index is 1160. The Hall–Kier alpha value is -3.41. The van der Waals surface area contributed by atoms with E-state index in [-0.39, 0.29) is 18.2 Å². The molecule has 0 saturated carbocycles. The van der Waals surface area contributed by atoms with E-state index in [1.165, 1.54) is 6.07 Å². The molecule has 0 atom stereocenters. The average molecular weight is 433 g/mol. The van der Waals surface area contributed by atoms with Gasteiger partial charge in [0.25, 0.3) is 0 Å². The first-order valence-electron chi connectivity index (χ1n) is 11.1. The number of anilines is 1. The van der Waals surface area contributed by atoms with Gasteiger partial charge < -0.3 is 14.6 Å². The molecule has 1 aromatic heterocycles. The summed E-state index contributed by atoms with van der Waals surface area (Å²) in [5, 5.41) is 3.73. The molecule has 0 unspecified atom stereocenters. The number of benzene rings is 2. The van der Waals surface area contributed by atoms with E-state index in [1.807, 2.05) is 60.4 Å². The first-order chi connectivity index (χ1) is 15.5. The second-order valence-electron chi connectivity index (χ2n) is 8.54. The Labute approximate surface area is 187 Å². The fourth-order valence-corrected chi connectivity index (χ4v) is 4.31. The molecule has 0 aliphatic carbocycles. The van der Waals surface area contributed by atoms with E-state index in [2.05, 4.69) is 5.32 Å². The lowest BCUT2D eigenvalue weighted by molar-refractivity contribution is -0.132. The lowest BCUT2D eigenvalue weighted by atomic mass is 9.91. The van der Waals surface area contributed by atoms with Crippen molar-refractivity contribution in [1.29, 1.82) is 0 Å². The first-order valence-corrected chi connectivity index (χ1v) is 11.1. The zero-order chi connectivity index (χ0) is 22.5. The highest BCUT2D eigenvalue weighted by molar-refractivity contribution is 5.90. The van der Waals surface area contributed by atoms with Crippen LogP contribution in [0.5, 0.6) is 0 Å². The maximum atomic E-state index is 12.9. The smallest absolute Gasteiger partial charge is 0.336 e. The summed E-state index contributed by atoms with van der Waals surface area (Å²) in [6.45, 7) is 3.30. The SMILES string of the molecule is Cc1ccc2c(CC(=O)N3CCC(CCC(=O)Nc4ccccc4)CC3)cc(=O)oc2c1. The number of fused-ring (bicyclic) bond motifs is 1. The van der Waals surface area contributed by atoms with Gasteiger partial charge in [0, 0.05) is 36.7 Å². The Morgan fingerprint density at radius 1 is 1.06 bits per heavy atom. The van der Waals surface area contributed by atoms with E-state index in [0.29, 0.717) is 36.6 Å². The van der Waals surface area contributed by atoms with Crippen LogP contribution in [0.15, 0.2) is 63.8 Å². The van der Waals surface area contributed by atoms with E-state index < -0.39 is 5.63 Å². The van der Waals surface area contributed by atoms with Gasteiger partial charge in [0.1, 0.15) is 5.58 Å². The van der Waals surface area contributed by atoms with Crippen LogP contribution in [0.3, 0.4) is 0 Å². The Morgan fingerprint density at radius 2 is 1.81 bits per heavy atom. The summed E-state index contributed by atoms with van der Waals surface area (Å²) in [6.07, 6.45) is 3.28. The van der Waals surface area contributed by atoms with Gasteiger partial charge >= 0.3 is 5.63 Å².